The Balaban J connectivity index is 0.00000162. The molecule has 1 aromatic rings. The molecule has 1 heterocycles. The van der Waals surface area contributed by atoms with Gasteiger partial charge in [0.25, 0.3) is 0 Å². The van der Waals surface area contributed by atoms with E-state index in [9.17, 15) is 4.79 Å². The first-order valence-corrected chi connectivity index (χ1v) is 5.86. The van der Waals surface area contributed by atoms with E-state index in [2.05, 4.69) is 0 Å². The van der Waals surface area contributed by atoms with Gasteiger partial charge in [0.2, 0.25) is 0 Å². The smallest absolute Gasteiger partial charge is 0.320 e. The fourth-order valence-corrected chi connectivity index (χ4v) is 2.22. The molecule has 0 bridgehead atoms. The number of carbonyl (C=O) groups is 1. The number of ether oxygens (including phenoxy) is 1. The summed E-state index contributed by atoms with van der Waals surface area (Å²) in [7, 11) is 0. The van der Waals surface area contributed by atoms with E-state index < -0.39 is 12.0 Å². The third-order valence-electron chi connectivity index (χ3n) is 3.17. The van der Waals surface area contributed by atoms with Crippen LogP contribution >= 0.6 is 12.4 Å². The molecule has 1 aliphatic rings. The number of nitrogens with two attached hydrogens (primary N) is 1. The number of benzene rings is 1. The van der Waals surface area contributed by atoms with Crippen molar-refractivity contribution in [2.24, 2.45) is 11.7 Å². The second kappa shape index (κ2) is 6.61. The third-order valence-corrected chi connectivity index (χ3v) is 3.17. The highest BCUT2D eigenvalue weighted by atomic mass is 35.5. The largest absolute Gasteiger partial charge is 0.493 e. The molecule has 100 valence electrons. The summed E-state index contributed by atoms with van der Waals surface area (Å²) in [5.74, 6) is 0.270. The van der Waals surface area contributed by atoms with E-state index in [1.54, 1.807) is 0 Å². The van der Waals surface area contributed by atoms with Gasteiger partial charge in [0.05, 0.1) is 6.61 Å². The summed E-state index contributed by atoms with van der Waals surface area (Å²) in [5.41, 5.74) is 6.72. The molecule has 5 heteroatoms. The molecule has 0 spiro atoms. The molecule has 2 rings (SSSR count). The lowest BCUT2D eigenvalue weighted by atomic mass is 9.91. The zero-order valence-corrected chi connectivity index (χ0v) is 10.9. The Morgan fingerprint density at radius 1 is 1.50 bits per heavy atom. The minimum Gasteiger partial charge on any atom is -0.493 e. The van der Waals surface area contributed by atoms with Gasteiger partial charge in [-0.2, -0.15) is 0 Å². The summed E-state index contributed by atoms with van der Waals surface area (Å²) in [6, 6.07) is 7.13. The van der Waals surface area contributed by atoms with E-state index in [1.807, 2.05) is 24.3 Å². The predicted molar refractivity (Wildman–Crippen MR) is 71.2 cm³/mol. The highest BCUT2D eigenvalue weighted by Crippen LogP contribution is 2.28. The quantitative estimate of drug-likeness (QED) is 0.880. The standard InChI is InChI=1S/C13H17NO3.ClH/c14-11(13(15)16)8-9-5-6-17-12-4-2-1-3-10(12)7-9;/h1-4,9,11H,5-8,14H2,(H,15,16);1H/t9-,11?;/m1./s1. The maximum absolute atomic E-state index is 10.7. The normalized spacial score (nSPS) is 19.7. The van der Waals surface area contributed by atoms with Crippen LogP contribution in [-0.2, 0) is 11.2 Å². The van der Waals surface area contributed by atoms with E-state index in [4.69, 9.17) is 15.6 Å². The topological polar surface area (TPSA) is 72.5 Å². The number of hydrogen-bond donors (Lipinski definition) is 2. The van der Waals surface area contributed by atoms with Gasteiger partial charge in [0.1, 0.15) is 11.8 Å². The second-order valence-corrected chi connectivity index (χ2v) is 4.50. The molecule has 2 atom stereocenters. The molecule has 18 heavy (non-hydrogen) atoms. The van der Waals surface area contributed by atoms with E-state index in [0.29, 0.717) is 13.0 Å². The summed E-state index contributed by atoms with van der Waals surface area (Å²) >= 11 is 0. The summed E-state index contributed by atoms with van der Waals surface area (Å²) in [5, 5.41) is 8.82. The van der Waals surface area contributed by atoms with Gasteiger partial charge in [0.15, 0.2) is 0 Å². The minimum atomic E-state index is -0.927. The maximum Gasteiger partial charge on any atom is 0.320 e. The van der Waals surface area contributed by atoms with Crippen LogP contribution < -0.4 is 10.5 Å². The SMILES string of the molecule is Cl.NC(C[C@@H]1CCOc2ccccc2C1)C(=O)O. The number of para-hydroxylation sites is 1. The first-order chi connectivity index (χ1) is 8.16. The van der Waals surface area contributed by atoms with Crippen molar-refractivity contribution in [2.75, 3.05) is 6.61 Å². The molecule has 0 saturated heterocycles. The van der Waals surface area contributed by atoms with Crippen molar-refractivity contribution in [3.63, 3.8) is 0 Å². The van der Waals surface area contributed by atoms with Gasteiger partial charge < -0.3 is 15.6 Å². The van der Waals surface area contributed by atoms with Crippen LogP contribution in [0.25, 0.3) is 0 Å². The van der Waals surface area contributed by atoms with Crippen molar-refractivity contribution in [2.45, 2.75) is 25.3 Å². The number of hydrogen-bond acceptors (Lipinski definition) is 3. The van der Waals surface area contributed by atoms with Crippen LogP contribution in [0.4, 0.5) is 0 Å². The molecule has 3 N–H and O–H groups in total. The van der Waals surface area contributed by atoms with E-state index >= 15 is 0 Å². The van der Waals surface area contributed by atoms with E-state index in [-0.39, 0.29) is 18.3 Å². The summed E-state index contributed by atoms with van der Waals surface area (Å²) in [6.07, 6.45) is 2.21. The van der Waals surface area contributed by atoms with E-state index in [1.165, 1.54) is 0 Å². The molecule has 0 fully saturated rings. The van der Waals surface area contributed by atoms with Crippen LogP contribution in [0, 0.1) is 5.92 Å². The highest BCUT2D eigenvalue weighted by Gasteiger charge is 2.22. The monoisotopic (exact) mass is 271 g/mol. The number of halogens is 1. The zero-order valence-electron chi connectivity index (χ0n) is 10.0. The third kappa shape index (κ3) is 3.62. The molecule has 0 saturated carbocycles. The van der Waals surface area contributed by atoms with Crippen molar-refractivity contribution in [3.8, 4) is 5.75 Å². The number of carboxylic acid groups (broad SMARTS) is 1. The van der Waals surface area contributed by atoms with Gasteiger partial charge in [-0.1, -0.05) is 18.2 Å². The maximum atomic E-state index is 10.7. The number of rotatable bonds is 3. The van der Waals surface area contributed by atoms with Crippen LogP contribution in [0.2, 0.25) is 0 Å². The average Bonchev–Trinajstić information content (AvgIpc) is 2.50. The Labute approximate surface area is 113 Å². The van der Waals surface area contributed by atoms with Crippen LogP contribution in [0.1, 0.15) is 18.4 Å². The lowest BCUT2D eigenvalue weighted by Crippen LogP contribution is -2.33. The summed E-state index contributed by atoms with van der Waals surface area (Å²) in [4.78, 5) is 10.7. The number of fused-ring (bicyclic) bond motifs is 1. The molecule has 4 nitrogen and oxygen atoms in total. The molecule has 1 aliphatic heterocycles. The van der Waals surface area contributed by atoms with Crippen LogP contribution in [0.3, 0.4) is 0 Å². The molecule has 0 aromatic heterocycles. The van der Waals surface area contributed by atoms with Gasteiger partial charge in [-0.3, -0.25) is 4.79 Å². The predicted octanol–water partition coefficient (Wildman–Crippen LogP) is 1.85. The minimum absolute atomic E-state index is 0. The van der Waals surface area contributed by atoms with Crippen molar-refractivity contribution < 1.29 is 14.6 Å². The Kier molecular flexibility index (Phi) is 5.44. The van der Waals surface area contributed by atoms with Gasteiger partial charge in [-0.05, 0) is 36.8 Å². The van der Waals surface area contributed by atoms with Crippen molar-refractivity contribution in [1.29, 1.82) is 0 Å². The van der Waals surface area contributed by atoms with Crippen LogP contribution in [0.5, 0.6) is 5.75 Å². The second-order valence-electron chi connectivity index (χ2n) is 4.50. The number of carboxylic acids is 1. The molecule has 1 unspecified atom stereocenters. The highest BCUT2D eigenvalue weighted by molar-refractivity contribution is 5.85. The molecule has 1 aromatic carbocycles. The Bertz CT molecular complexity index is 411. The molecule has 0 aliphatic carbocycles. The zero-order chi connectivity index (χ0) is 12.3. The number of aliphatic carboxylic acids is 1. The fraction of sp³-hybridized carbons (Fsp3) is 0.462. The fourth-order valence-electron chi connectivity index (χ4n) is 2.22. The van der Waals surface area contributed by atoms with Crippen molar-refractivity contribution in [3.05, 3.63) is 29.8 Å². The Morgan fingerprint density at radius 3 is 2.94 bits per heavy atom. The first kappa shape index (κ1) is 14.8. The molecule has 0 amide bonds. The van der Waals surface area contributed by atoms with Crippen molar-refractivity contribution >= 4 is 18.4 Å². The molecular formula is C13H18ClNO3. The van der Waals surface area contributed by atoms with Gasteiger partial charge in [-0.15, -0.1) is 12.4 Å². The van der Waals surface area contributed by atoms with Crippen LogP contribution in [-0.4, -0.2) is 23.7 Å². The molecular weight excluding hydrogens is 254 g/mol. The van der Waals surface area contributed by atoms with Gasteiger partial charge >= 0.3 is 5.97 Å². The Hall–Kier alpha value is -1.26. The lowest BCUT2D eigenvalue weighted by molar-refractivity contribution is -0.139. The molecule has 0 radical (unpaired) electrons. The van der Waals surface area contributed by atoms with E-state index in [0.717, 1.165) is 24.2 Å². The first-order valence-electron chi connectivity index (χ1n) is 5.86. The summed E-state index contributed by atoms with van der Waals surface area (Å²) in [6.45, 7) is 0.633. The average molecular weight is 272 g/mol. The van der Waals surface area contributed by atoms with Gasteiger partial charge in [-0.25, -0.2) is 0 Å². The Morgan fingerprint density at radius 2 is 2.22 bits per heavy atom. The summed E-state index contributed by atoms with van der Waals surface area (Å²) < 4.78 is 5.63. The lowest BCUT2D eigenvalue weighted by Gasteiger charge is -2.15. The van der Waals surface area contributed by atoms with Crippen molar-refractivity contribution in [1.82, 2.24) is 0 Å². The van der Waals surface area contributed by atoms with Crippen LogP contribution in [0.15, 0.2) is 24.3 Å². The van der Waals surface area contributed by atoms with Gasteiger partial charge in [0, 0.05) is 0 Å².